The van der Waals surface area contributed by atoms with Gasteiger partial charge in [0.1, 0.15) is 0 Å². The lowest BCUT2D eigenvalue weighted by molar-refractivity contribution is 0.574. The molecular formula is C13H18N4. The molecule has 0 spiro atoms. The van der Waals surface area contributed by atoms with Crippen LogP contribution in [0.2, 0.25) is 0 Å². The number of aromatic nitrogens is 2. The molecular weight excluding hydrogens is 212 g/mol. The molecule has 17 heavy (non-hydrogen) atoms. The third kappa shape index (κ3) is 2.38. The lowest BCUT2D eigenvalue weighted by Crippen LogP contribution is -2.30. The summed E-state index contributed by atoms with van der Waals surface area (Å²) in [6, 6.07) is 10.4. The Morgan fingerprint density at radius 2 is 2.24 bits per heavy atom. The lowest BCUT2D eigenvalue weighted by atomic mass is 10.0. The number of rotatable bonds is 4. The summed E-state index contributed by atoms with van der Waals surface area (Å²) in [5.41, 5.74) is 6.38. The van der Waals surface area contributed by atoms with Crippen LogP contribution in [0.25, 0.3) is 0 Å². The molecule has 0 aliphatic rings. The molecule has 4 nitrogen and oxygen atoms in total. The minimum absolute atomic E-state index is 0.0194. The number of benzene rings is 1. The fourth-order valence-electron chi connectivity index (χ4n) is 2.01. The molecule has 0 aliphatic heterocycles. The van der Waals surface area contributed by atoms with E-state index in [9.17, 15) is 0 Å². The Kier molecular flexibility index (Phi) is 3.56. The van der Waals surface area contributed by atoms with Gasteiger partial charge in [0.15, 0.2) is 0 Å². The van der Waals surface area contributed by atoms with Crippen LogP contribution in [0, 0.1) is 0 Å². The van der Waals surface area contributed by atoms with Crippen molar-refractivity contribution < 1.29 is 0 Å². The molecule has 0 saturated carbocycles. The van der Waals surface area contributed by atoms with Gasteiger partial charge in [0, 0.05) is 13.2 Å². The normalized spacial score (nSPS) is 12.6. The summed E-state index contributed by atoms with van der Waals surface area (Å²) in [7, 11) is 1.92. The fraction of sp³-hybridized carbons (Fsp3) is 0.308. The van der Waals surface area contributed by atoms with Crippen LogP contribution in [-0.2, 0) is 13.5 Å². The number of nitrogens with one attached hydrogen (secondary N) is 1. The van der Waals surface area contributed by atoms with Crippen molar-refractivity contribution in [2.75, 3.05) is 0 Å². The molecule has 0 fully saturated rings. The van der Waals surface area contributed by atoms with Crippen molar-refractivity contribution in [3.63, 3.8) is 0 Å². The fourth-order valence-corrected chi connectivity index (χ4v) is 2.01. The first-order valence-corrected chi connectivity index (χ1v) is 5.79. The second kappa shape index (κ2) is 5.12. The number of aryl methyl sites for hydroxylation is 2. The van der Waals surface area contributed by atoms with Gasteiger partial charge in [-0.1, -0.05) is 31.2 Å². The van der Waals surface area contributed by atoms with Crippen molar-refractivity contribution in [3.8, 4) is 0 Å². The maximum absolute atomic E-state index is 5.67. The largest absolute Gasteiger partial charge is 0.271 e. The number of hydrogen-bond donors (Lipinski definition) is 2. The smallest absolute Gasteiger partial charge is 0.0878 e. The van der Waals surface area contributed by atoms with Crippen molar-refractivity contribution in [2.45, 2.75) is 19.4 Å². The highest BCUT2D eigenvalue weighted by atomic mass is 15.3. The van der Waals surface area contributed by atoms with E-state index in [4.69, 9.17) is 5.84 Å². The third-order valence-electron chi connectivity index (χ3n) is 3.01. The topological polar surface area (TPSA) is 55.9 Å². The summed E-state index contributed by atoms with van der Waals surface area (Å²) in [6.45, 7) is 2.15. The summed E-state index contributed by atoms with van der Waals surface area (Å²) < 4.78 is 1.84. The first-order chi connectivity index (χ1) is 8.26. The summed E-state index contributed by atoms with van der Waals surface area (Å²) in [5, 5.41) is 4.17. The molecule has 4 heteroatoms. The van der Waals surface area contributed by atoms with Crippen LogP contribution in [0.4, 0.5) is 0 Å². The van der Waals surface area contributed by atoms with E-state index in [0.717, 1.165) is 17.7 Å². The highest BCUT2D eigenvalue weighted by Crippen LogP contribution is 2.21. The quantitative estimate of drug-likeness (QED) is 0.618. The predicted molar refractivity (Wildman–Crippen MR) is 68.2 cm³/mol. The Bertz CT molecular complexity index is 490. The van der Waals surface area contributed by atoms with E-state index < -0.39 is 0 Å². The standard InChI is InChI=1S/C13H18N4/c1-3-10-5-4-6-11(9-10)13(16-14)12-7-8-15-17(12)2/h4-9,13,16H,3,14H2,1-2H3. The molecule has 1 aromatic carbocycles. The maximum Gasteiger partial charge on any atom is 0.0878 e. The van der Waals surface area contributed by atoms with Gasteiger partial charge < -0.3 is 0 Å². The zero-order valence-corrected chi connectivity index (χ0v) is 10.2. The number of nitrogens with zero attached hydrogens (tertiary/aromatic N) is 2. The van der Waals surface area contributed by atoms with Gasteiger partial charge in [0.2, 0.25) is 0 Å². The molecule has 0 aliphatic carbocycles. The molecule has 1 atom stereocenters. The molecule has 3 N–H and O–H groups in total. The third-order valence-corrected chi connectivity index (χ3v) is 3.01. The van der Waals surface area contributed by atoms with Crippen molar-refractivity contribution in [3.05, 3.63) is 53.3 Å². The molecule has 2 rings (SSSR count). The molecule has 1 heterocycles. The average molecular weight is 230 g/mol. The minimum Gasteiger partial charge on any atom is -0.271 e. The number of nitrogens with two attached hydrogens (primary N) is 1. The Labute approximate surface area is 101 Å². The van der Waals surface area contributed by atoms with Crippen LogP contribution >= 0.6 is 0 Å². The highest BCUT2D eigenvalue weighted by molar-refractivity contribution is 5.31. The van der Waals surface area contributed by atoms with Gasteiger partial charge in [-0.15, -0.1) is 0 Å². The van der Waals surface area contributed by atoms with E-state index >= 15 is 0 Å². The van der Waals surface area contributed by atoms with Crippen LogP contribution in [0.1, 0.15) is 29.8 Å². The first kappa shape index (κ1) is 11.8. The van der Waals surface area contributed by atoms with Crippen LogP contribution in [-0.4, -0.2) is 9.78 Å². The molecule has 1 unspecified atom stereocenters. The second-order valence-electron chi connectivity index (χ2n) is 4.08. The van der Waals surface area contributed by atoms with E-state index in [-0.39, 0.29) is 6.04 Å². The second-order valence-corrected chi connectivity index (χ2v) is 4.08. The Morgan fingerprint density at radius 1 is 1.41 bits per heavy atom. The van der Waals surface area contributed by atoms with Crippen molar-refractivity contribution in [1.82, 2.24) is 15.2 Å². The van der Waals surface area contributed by atoms with Gasteiger partial charge in [-0.05, 0) is 23.6 Å². The zero-order chi connectivity index (χ0) is 12.3. The summed E-state index contributed by atoms with van der Waals surface area (Å²) >= 11 is 0. The van der Waals surface area contributed by atoms with E-state index in [1.54, 1.807) is 6.20 Å². The number of hydrogen-bond acceptors (Lipinski definition) is 3. The van der Waals surface area contributed by atoms with Crippen LogP contribution < -0.4 is 11.3 Å². The SMILES string of the molecule is CCc1cccc(C(NN)c2ccnn2C)c1. The summed E-state index contributed by atoms with van der Waals surface area (Å²) in [5.74, 6) is 5.67. The van der Waals surface area contributed by atoms with Gasteiger partial charge >= 0.3 is 0 Å². The van der Waals surface area contributed by atoms with E-state index in [0.29, 0.717) is 0 Å². The van der Waals surface area contributed by atoms with E-state index in [1.165, 1.54) is 5.56 Å². The Morgan fingerprint density at radius 3 is 2.82 bits per heavy atom. The van der Waals surface area contributed by atoms with Crippen molar-refractivity contribution in [1.29, 1.82) is 0 Å². The maximum atomic E-state index is 5.67. The van der Waals surface area contributed by atoms with Crippen LogP contribution in [0.5, 0.6) is 0 Å². The molecule has 1 aromatic heterocycles. The molecule has 2 aromatic rings. The summed E-state index contributed by atoms with van der Waals surface area (Å²) in [4.78, 5) is 0. The van der Waals surface area contributed by atoms with Crippen LogP contribution in [0.3, 0.4) is 0 Å². The molecule has 0 amide bonds. The van der Waals surface area contributed by atoms with Gasteiger partial charge in [0.25, 0.3) is 0 Å². The van der Waals surface area contributed by atoms with Crippen molar-refractivity contribution >= 4 is 0 Å². The van der Waals surface area contributed by atoms with Gasteiger partial charge in [-0.25, -0.2) is 5.43 Å². The minimum atomic E-state index is -0.0194. The Hall–Kier alpha value is -1.65. The van der Waals surface area contributed by atoms with E-state index in [2.05, 4.69) is 41.7 Å². The molecule has 0 radical (unpaired) electrons. The monoisotopic (exact) mass is 230 g/mol. The Balaban J connectivity index is 2.38. The van der Waals surface area contributed by atoms with E-state index in [1.807, 2.05) is 17.8 Å². The number of hydrazine groups is 1. The van der Waals surface area contributed by atoms with Gasteiger partial charge in [-0.2, -0.15) is 5.10 Å². The van der Waals surface area contributed by atoms with Crippen LogP contribution in [0.15, 0.2) is 36.5 Å². The zero-order valence-electron chi connectivity index (χ0n) is 10.2. The molecule has 90 valence electrons. The molecule has 0 saturated heterocycles. The van der Waals surface area contributed by atoms with Crippen molar-refractivity contribution in [2.24, 2.45) is 12.9 Å². The molecule has 0 bridgehead atoms. The van der Waals surface area contributed by atoms with Gasteiger partial charge in [-0.3, -0.25) is 10.5 Å². The lowest BCUT2D eigenvalue weighted by Gasteiger charge is -2.17. The highest BCUT2D eigenvalue weighted by Gasteiger charge is 2.15. The summed E-state index contributed by atoms with van der Waals surface area (Å²) in [6.07, 6.45) is 2.81. The predicted octanol–water partition coefficient (Wildman–Crippen LogP) is 1.54. The van der Waals surface area contributed by atoms with Gasteiger partial charge in [0.05, 0.1) is 11.7 Å². The first-order valence-electron chi connectivity index (χ1n) is 5.79. The average Bonchev–Trinajstić information content (AvgIpc) is 2.77.